The highest BCUT2D eigenvalue weighted by molar-refractivity contribution is 7.98. The van der Waals surface area contributed by atoms with Crippen LogP contribution in [0, 0.1) is 0 Å². The van der Waals surface area contributed by atoms with Crippen LogP contribution >= 0.6 is 11.8 Å². The smallest absolute Gasteiger partial charge is 0.251 e. The van der Waals surface area contributed by atoms with E-state index in [-0.39, 0.29) is 5.91 Å². The fourth-order valence-electron chi connectivity index (χ4n) is 3.86. The van der Waals surface area contributed by atoms with Crippen LogP contribution in [0.5, 0.6) is 0 Å². The molecule has 168 valence electrons. The highest BCUT2D eigenvalue weighted by Gasteiger charge is 2.20. The number of methoxy groups -OCH3 is 1. The van der Waals surface area contributed by atoms with Crippen molar-refractivity contribution in [3.05, 3.63) is 47.2 Å². The lowest BCUT2D eigenvalue weighted by atomic mass is 9.94. The largest absolute Gasteiger partial charge is 0.383 e. The normalized spacial score (nSPS) is 14.4. The average molecular weight is 443 g/mol. The second-order valence-corrected chi connectivity index (χ2v) is 8.94. The monoisotopic (exact) mass is 442 g/mol. The van der Waals surface area contributed by atoms with E-state index in [1.54, 1.807) is 18.9 Å². The molecule has 31 heavy (non-hydrogen) atoms. The summed E-state index contributed by atoms with van der Waals surface area (Å²) in [5.41, 5.74) is 2.81. The van der Waals surface area contributed by atoms with Crippen molar-refractivity contribution in [1.29, 1.82) is 0 Å². The van der Waals surface area contributed by atoms with Gasteiger partial charge in [-0.15, -0.1) is 0 Å². The molecule has 1 aromatic heterocycles. The van der Waals surface area contributed by atoms with Crippen LogP contribution < -0.4 is 10.2 Å². The van der Waals surface area contributed by atoms with Gasteiger partial charge in [0.1, 0.15) is 5.82 Å². The topological polar surface area (TPSA) is 67.4 Å². The van der Waals surface area contributed by atoms with Gasteiger partial charge in [-0.1, -0.05) is 50.1 Å². The minimum absolute atomic E-state index is 0.0791. The number of anilines is 1. The molecule has 1 heterocycles. The summed E-state index contributed by atoms with van der Waals surface area (Å²) in [7, 11) is 3.79. The van der Waals surface area contributed by atoms with Crippen LogP contribution in [0.3, 0.4) is 0 Å². The summed E-state index contributed by atoms with van der Waals surface area (Å²) in [5.74, 6) is 1.66. The van der Waals surface area contributed by atoms with E-state index >= 15 is 0 Å². The van der Waals surface area contributed by atoms with Crippen LogP contribution in [-0.2, 0) is 16.9 Å². The number of carbonyl (C=O) groups is 1. The van der Waals surface area contributed by atoms with Gasteiger partial charge >= 0.3 is 0 Å². The molecule has 2 aromatic rings. The van der Waals surface area contributed by atoms with Crippen molar-refractivity contribution in [2.75, 3.05) is 32.2 Å². The summed E-state index contributed by atoms with van der Waals surface area (Å²) < 4.78 is 4.99. The van der Waals surface area contributed by atoms with Crippen LogP contribution in [0.1, 0.15) is 60.6 Å². The standard InChI is InChI=1S/C24H34N4O2S/c1-4-20-16-22(28(2)21-11-6-5-7-12-21)27-24(26-20)31-17-18-9-8-10-19(15-18)23(29)25-13-14-30-3/h8-10,15-16,21H,4-7,11-14,17H2,1-3H3,(H,25,29). The third-order valence-corrected chi connectivity index (χ3v) is 6.66. The Morgan fingerprint density at radius 3 is 2.77 bits per heavy atom. The minimum atomic E-state index is -0.0791. The zero-order chi connectivity index (χ0) is 22.1. The lowest BCUT2D eigenvalue weighted by Gasteiger charge is -2.32. The predicted octanol–water partition coefficient (Wildman–Crippen LogP) is 4.48. The molecule has 0 unspecified atom stereocenters. The van der Waals surface area contributed by atoms with E-state index in [1.165, 1.54) is 32.1 Å². The molecule has 1 amide bonds. The number of carbonyl (C=O) groups excluding carboxylic acids is 1. The lowest BCUT2D eigenvalue weighted by molar-refractivity contribution is 0.0937. The fourth-order valence-corrected chi connectivity index (χ4v) is 4.68. The van der Waals surface area contributed by atoms with E-state index in [0.717, 1.165) is 34.4 Å². The number of aryl methyl sites for hydroxylation is 1. The molecular formula is C24H34N4O2S. The minimum Gasteiger partial charge on any atom is -0.383 e. The number of hydrogen-bond donors (Lipinski definition) is 1. The number of thioether (sulfide) groups is 1. The number of rotatable bonds is 10. The second-order valence-electron chi connectivity index (χ2n) is 7.99. The van der Waals surface area contributed by atoms with Gasteiger partial charge in [0.05, 0.1) is 6.61 Å². The first-order valence-corrected chi connectivity index (χ1v) is 12.2. The summed E-state index contributed by atoms with van der Waals surface area (Å²) in [4.78, 5) is 24.2. The van der Waals surface area contributed by atoms with E-state index in [1.807, 2.05) is 24.3 Å². The first-order chi connectivity index (χ1) is 15.1. The molecule has 6 nitrogen and oxygen atoms in total. The van der Waals surface area contributed by atoms with Gasteiger partial charge in [-0.05, 0) is 37.0 Å². The zero-order valence-electron chi connectivity index (χ0n) is 18.9. The van der Waals surface area contributed by atoms with Crippen molar-refractivity contribution in [1.82, 2.24) is 15.3 Å². The Kier molecular flexibility index (Phi) is 9.15. The molecule has 0 saturated heterocycles. The fraction of sp³-hybridized carbons (Fsp3) is 0.542. The van der Waals surface area contributed by atoms with Crippen molar-refractivity contribution in [3.8, 4) is 0 Å². The molecule has 1 saturated carbocycles. The molecule has 1 fully saturated rings. The molecular weight excluding hydrogens is 408 g/mol. The van der Waals surface area contributed by atoms with Gasteiger partial charge < -0.3 is 15.0 Å². The molecule has 0 spiro atoms. The number of ether oxygens (including phenoxy) is 1. The number of amides is 1. The molecule has 7 heteroatoms. The van der Waals surface area contributed by atoms with Crippen LogP contribution in [0.2, 0.25) is 0 Å². The Labute approximate surface area is 190 Å². The van der Waals surface area contributed by atoms with Gasteiger partial charge in [-0.2, -0.15) is 0 Å². The first-order valence-electron chi connectivity index (χ1n) is 11.2. The van der Waals surface area contributed by atoms with Gasteiger partial charge in [0.25, 0.3) is 5.91 Å². The van der Waals surface area contributed by atoms with Crippen LogP contribution in [0.4, 0.5) is 5.82 Å². The Balaban J connectivity index is 1.67. The highest BCUT2D eigenvalue weighted by atomic mass is 32.2. The summed E-state index contributed by atoms with van der Waals surface area (Å²) in [5, 5.41) is 3.66. The van der Waals surface area contributed by atoms with Gasteiger partial charge in [0.15, 0.2) is 5.16 Å². The van der Waals surface area contributed by atoms with Crippen LogP contribution in [0.25, 0.3) is 0 Å². The van der Waals surface area contributed by atoms with Crippen LogP contribution in [0.15, 0.2) is 35.5 Å². The Morgan fingerprint density at radius 2 is 2.03 bits per heavy atom. The van der Waals surface area contributed by atoms with E-state index in [4.69, 9.17) is 14.7 Å². The Hall–Kier alpha value is -2.12. The summed E-state index contributed by atoms with van der Waals surface area (Å²) >= 11 is 1.62. The molecule has 0 aliphatic heterocycles. The van der Waals surface area contributed by atoms with Gasteiger partial charge in [-0.3, -0.25) is 4.79 Å². The molecule has 3 rings (SSSR count). The van der Waals surface area contributed by atoms with Gasteiger partial charge in [-0.25, -0.2) is 9.97 Å². The third kappa shape index (κ3) is 6.94. The van der Waals surface area contributed by atoms with E-state index in [9.17, 15) is 4.79 Å². The van der Waals surface area contributed by atoms with Crippen molar-refractivity contribution in [2.24, 2.45) is 0 Å². The molecule has 0 atom stereocenters. The molecule has 1 aliphatic rings. The number of nitrogens with zero attached hydrogens (tertiary/aromatic N) is 3. The van der Waals surface area contributed by atoms with E-state index in [2.05, 4.69) is 30.3 Å². The SMILES string of the molecule is CCc1cc(N(C)C2CCCCC2)nc(SCc2cccc(C(=O)NCCOC)c2)n1. The molecule has 1 aromatic carbocycles. The first kappa shape index (κ1) is 23.5. The third-order valence-electron chi connectivity index (χ3n) is 5.74. The quantitative estimate of drug-likeness (QED) is 0.332. The van der Waals surface area contributed by atoms with Crippen molar-refractivity contribution >= 4 is 23.5 Å². The summed E-state index contributed by atoms with van der Waals surface area (Å²) in [6.07, 6.45) is 7.32. The number of hydrogen-bond acceptors (Lipinski definition) is 6. The molecule has 0 radical (unpaired) electrons. The van der Waals surface area contributed by atoms with E-state index < -0.39 is 0 Å². The maximum Gasteiger partial charge on any atom is 0.251 e. The van der Waals surface area contributed by atoms with Gasteiger partial charge in [0.2, 0.25) is 0 Å². The predicted molar refractivity (Wildman–Crippen MR) is 127 cm³/mol. The number of nitrogens with one attached hydrogen (secondary N) is 1. The Morgan fingerprint density at radius 1 is 1.23 bits per heavy atom. The second kappa shape index (κ2) is 12.1. The maximum atomic E-state index is 12.3. The highest BCUT2D eigenvalue weighted by Crippen LogP contribution is 2.28. The van der Waals surface area contributed by atoms with E-state index in [0.29, 0.717) is 24.8 Å². The molecule has 0 bridgehead atoms. The van der Waals surface area contributed by atoms with Gasteiger partial charge in [0, 0.05) is 49.8 Å². The zero-order valence-corrected chi connectivity index (χ0v) is 19.7. The molecule has 1 N–H and O–H groups in total. The average Bonchev–Trinajstić information content (AvgIpc) is 2.83. The number of benzene rings is 1. The van der Waals surface area contributed by atoms with Crippen molar-refractivity contribution < 1.29 is 9.53 Å². The van der Waals surface area contributed by atoms with Crippen molar-refractivity contribution in [2.45, 2.75) is 62.4 Å². The summed E-state index contributed by atoms with van der Waals surface area (Å²) in [6, 6.07) is 10.4. The number of aromatic nitrogens is 2. The maximum absolute atomic E-state index is 12.3. The lowest BCUT2D eigenvalue weighted by Crippen LogP contribution is -2.34. The molecule has 1 aliphatic carbocycles. The van der Waals surface area contributed by atoms with Crippen molar-refractivity contribution in [3.63, 3.8) is 0 Å². The Bertz CT molecular complexity index is 855. The van der Waals surface area contributed by atoms with Crippen LogP contribution in [-0.4, -0.2) is 49.2 Å². The summed E-state index contributed by atoms with van der Waals surface area (Å²) in [6.45, 7) is 3.14.